The minimum absolute atomic E-state index is 0.0770. The molecule has 2 atom stereocenters. The number of hydrogen-bond donors (Lipinski definition) is 2. The summed E-state index contributed by atoms with van der Waals surface area (Å²) >= 11 is 0. The van der Waals surface area contributed by atoms with Crippen molar-refractivity contribution in [1.82, 2.24) is 0 Å². The summed E-state index contributed by atoms with van der Waals surface area (Å²) < 4.78 is 21.4. The normalized spacial score (nSPS) is 13.1. The molecule has 0 fully saturated rings. The Hall–Kier alpha value is -3.78. The van der Waals surface area contributed by atoms with Crippen LogP contribution < -0.4 is 14.8 Å². The minimum Gasteiger partial charge on any atom is -0.497 e. The number of anilines is 1. The van der Waals surface area contributed by atoms with E-state index in [1.165, 1.54) is 6.08 Å². The fourth-order valence-corrected chi connectivity index (χ4v) is 3.38. The predicted octanol–water partition coefficient (Wildman–Crippen LogP) is 5.45. The van der Waals surface area contributed by atoms with Crippen molar-refractivity contribution in [3.8, 4) is 11.5 Å². The second-order valence-corrected chi connectivity index (χ2v) is 8.08. The number of aliphatic hydroxyl groups excluding tert-OH is 1. The predicted molar refractivity (Wildman–Crippen MR) is 138 cm³/mol. The van der Waals surface area contributed by atoms with E-state index in [0.717, 1.165) is 11.1 Å². The molecular formula is C28H35NO7. The molecule has 0 heterocycles. The SMILES string of the molecule is CCOC(=O)/C=C(C)/C=C/C[C@H](C)[C@H](OC(=O)Nc1ccc(OC)cc1)c1ccc(OCCO)cc1. The smallest absolute Gasteiger partial charge is 0.412 e. The molecule has 2 aromatic rings. The molecule has 0 aliphatic carbocycles. The van der Waals surface area contributed by atoms with Gasteiger partial charge in [-0.1, -0.05) is 31.2 Å². The maximum absolute atomic E-state index is 12.7. The number of hydrogen-bond acceptors (Lipinski definition) is 7. The van der Waals surface area contributed by atoms with E-state index in [9.17, 15) is 9.59 Å². The van der Waals surface area contributed by atoms with Crippen LogP contribution in [0.25, 0.3) is 0 Å². The van der Waals surface area contributed by atoms with E-state index >= 15 is 0 Å². The number of benzene rings is 2. The van der Waals surface area contributed by atoms with Crippen molar-refractivity contribution in [3.05, 3.63) is 77.9 Å². The molecule has 36 heavy (non-hydrogen) atoms. The number of carbonyl (C=O) groups excluding carboxylic acids is 2. The molecular weight excluding hydrogens is 462 g/mol. The van der Waals surface area contributed by atoms with Crippen molar-refractivity contribution >= 4 is 17.7 Å². The molecule has 0 saturated heterocycles. The van der Waals surface area contributed by atoms with Crippen LogP contribution in [-0.4, -0.2) is 44.1 Å². The number of rotatable bonds is 13. The summed E-state index contributed by atoms with van der Waals surface area (Å²) in [6, 6.07) is 14.2. The molecule has 0 unspecified atom stereocenters. The van der Waals surface area contributed by atoms with E-state index in [1.807, 2.05) is 38.1 Å². The second-order valence-electron chi connectivity index (χ2n) is 8.08. The molecule has 0 spiro atoms. The molecule has 194 valence electrons. The van der Waals surface area contributed by atoms with Crippen LogP contribution >= 0.6 is 0 Å². The van der Waals surface area contributed by atoms with E-state index in [2.05, 4.69) is 5.32 Å². The van der Waals surface area contributed by atoms with Gasteiger partial charge >= 0.3 is 12.1 Å². The Bertz CT molecular complexity index is 1010. The van der Waals surface area contributed by atoms with Crippen LogP contribution in [0, 0.1) is 5.92 Å². The van der Waals surface area contributed by atoms with Crippen molar-refractivity contribution in [2.45, 2.75) is 33.3 Å². The highest BCUT2D eigenvalue weighted by atomic mass is 16.6. The van der Waals surface area contributed by atoms with Gasteiger partial charge in [-0.2, -0.15) is 0 Å². The van der Waals surface area contributed by atoms with Crippen molar-refractivity contribution in [2.75, 3.05) is 32.2 Å². The Morgan fingerprint density at radius 2 is 1.72 bits per heavy atom. The molecule has 0 saturated carbocycles. The third-order valence-electron chi connectivity index (χ3n) is 5.18. The number of esters is 1. The van der Waals surface area contributed by atoms with Crippen LogP contribution in [0.1, 0.15) is 38.9 Å². The number of nitrogens with one attached hydrogen (secondary N) is 1. The van der Waals surface area contributed by atoms with Crippen molar-refractivity contribution in [1.29, 1.82) is 0 Å². The molecule has 8 heteroatoms. The number of aliphatic hydroxyl groups is 1. The number of methoxy groups -OCH3 is 1. The number of carbonyl (C=O) groups is 2. The van der Waals surface area contributed by atoms with Gasteiger partial charge in [-0.15, -0.1) is 0 Å². The summed E-state index contributed by atoms with van der Waals surface area (Å²) in [5, 5.41) is 11.7. The monoisotopic (exact) mass is 497 g/mol. The first-order valence-corrected chi connectivity index (χ1v) is 11.8. The molecule has 0 aliphatic rings. The van der Waals surface area contributed by atoms with Gasteiger partial charge in [0, 0.05) is 17.7 Å². The average Bonchev–Trinajstić information content (AvgIpc) is 2.87. The van der Waals surface area contributed by atoms with Gasteiger partial charge in [-0.05, 0) is 67.8 Å². The molecule has 0 aliphatic heterocycles. The van der Waals surface area contributed by atoms with Crippen molar-refractivity contribution < 1.29 is 33.6 Å². The summed E-state index contributed by atoms with van der Waals surface area (Å²) in [5.74, 6) is 0.833. The topological polar surface area (TPSA) is 103 Å². The molecule has 2 rings (SSSR count). The van der Waals surface area contributed by atoms with Gasteiger partial charge in [-0.25, -0.2) is 9.59 Å². The van der Waals surface area contributed by atoms with Crippen LogP contribution in [-0.2, 0) is 14.3 Å². The minimum atomic E-state index is -0.583. The summed E-state index contributed by atoms with van der Waals surface area (Å²) in [4.78, 5) is 24.3. The van der Waals surface area contributed by atoms with Gasteiger partial charge in [0.05, 0.1) is 20.3 Å². The third kappa shape index (κ3) is 9.84. The van der Waals surface area contributed by atoms with Crippen LogP contribution in [0.3, 0.4) is 0 Å². The Labute approximate surface area is 212 Å². The Kier molecular flexibility index (Phi) is 12.1. The van der Waals surface area contributed by atoms with Crippen molar-refractivity contribution in [3.63, 3.8) is 0 Å². The lowest BCUT2D eigenvalue weighted by molar-refractivity contribution is -0.137. The lowest BCUT2D eigenvalue weighted by Gasteiger charge is -2.24. The zero-order chi connectivity index (χ0) is 26.3. The fraction of sp³-hybridized carbons (Fsp3) is 0.357. The highest BCUT2D eigenvalue weighted by Gasteiger charge is 2.23. The van der Waals surface area contributed by atoms with Gasteiger partial charge in [0.15, 0.2) is 0 Å². The van der Waals surface area contributed by atoms with Crippen LogP contribution in [0.2, 0.25) is 0 Å². The fourth-order valence-electron chi connectivity index (χ4n) is 3.38. The molecule has 2 N–H and O–H groups in total. The lowest BCUT2D eigenvalue weighted by Crippen LogP contribution is -2.21. The number of allylic oxidation sites excluding steroid dienone is 3. The summed E-state index contributed by atoms with van der Waals surface area (Å²) in [7, 11) is 1.57. The Balaban J connectivity index is 2.14. The highest BCUT2D eigenvalue weighted by molar-refractivity contribution is 5.85. The van der Waals surface area contributed by atoms with Crippen LogP contribution in [0.5, 0.6) is 11.5 Å². The lowest BCUT2D eigenvalue weighted by atomic mass is 9.94. The number of ether oxygens (including phenoxy) is 4. The average molecular weight is 498 g/mol. The Morgan fingerprint density at radius 1 is 1.06 bits per heavy atom. The molecule has 1 amide bonds. The van der Waals surface area contributed by atoms with Crippen LogP contribution in [0.15, 0.2) is 72.3 Å². The van der Waals surface area contributed by atoms with E-state index < -0.39 is 12.2 Å². The zero-order valence-electron chi connectivity index (χ0n) is 21.2. The van der Waals surface area contributed by atoms with E-state index in [0.29, 0.717) is 30.2 Å². The summed E-state index contributed by atoms with van der Waals surface area (Å²) in [6.07, 6.45) is 4.68. The van der Waals surface area contributed by atoms with E-state index in [1.54, 1.807) is 50.4 Å². The molecule has 8 nitrogen and oxygen atoms in total. The van der Waals surface area contributed by atoms with E-state index in [4.69, 9.17) is 24.1 Å². The van der Waals surface area contributed by atoms with Gasteiger partial charge in [0.2, 0.25) is 0 Å². The second kappa shape index (κ2) is 15.3. The first-order chi connectivity index (χ1) is 17.4. The van der Waals surface area contributed by atoms with Crippen LogP contribution in [0.4, 0.5) is 10.5 Å². The number of amides is 1. The maximum atomic E-state index is 12.7. The maximum Gasteiger partial charge on any atom is 0.412 e. The standard InChI is InChI=1S/C28H35NO7/c1-5-34-26(31)19-20(2)7-6-8-21(3)27(22-9-13-25(14-10-22)35-18-17-30)36-28(32)29-23-11-15-24(33-4)16-12-23/h6-7,9-16,19,21,27,30H,5,8,17-18H2,1-4H3,(H,29,32)/b7-6+,20-19+/t21-,27-/m0/s1. The quantitative estimate of drug-likeness (QED) is 0.215. The summed E-state index contributed by atoms with van der Waals surface area (Å²) in [6.45, 7) is 6.01. The molecule has 0 aromatic heterocycles. The first-order valence-electron chi connectivity index (χ1n) is 11.8. The highest BCUT2D eigenvalue weighted by Crippen LogP contribution is 2.31. The van der Waals surface area contributed by atoms with Gasteiger partial charge < -0.3 is 24.1 Å². The Morgan fingerprint density at radius 3 is 2.33 bits per heavy atom. The zero-order valence-corrected chi connectivity index (χ0v) is 21.2. The van der Waals surface area contributed by atoms with Gasteiger partial charge in [-0.3, -0.25) is 5.32 Å². The third-order valence-corrected chi connectivity index (χ3v) is 5.18. The first kappa shape index (κ1) is 28.5. The van der Waals surface area contributed by atoms with E-state index in [-0.39, 0.29) is 25.1 Å². The summed E-state index contributed by atoms with van der Waals surface area (Å²) in [5.41, 5.74) is 2.15. The molecule has 0 bridgehead atoms. The molecule has 2 aromatic carbocycles. The largest absolute Gasteiger partial charge is 0.497 e. The van der Waals surface area contributed by atoms with Crippen molar-refractivity contribution in [2.24, 2.45) is 5.92 Å². The molecule has 0 radical (unpaired) electrons. The van der Waals surface area contributed by atoms with Gasteiger partial charge in [0.25, 0.3) is 0 Å². The van der Waals surface area contributed by atoms with Gasteiger partial charge in [0.1, 0.15) is 24.2 Å².